The van der Waals surface area contributed by atoms with Crippen LogP contribution in [0, 0.1) is 12.7 Å². The Hall–Kier alpha value is -2.18. The van der Waals surface area contributed by atoms with Gasteiger partial charge in [-0.2, -0.15) is 0 Å². The Morgan fingerprint density at radius 2 is 1.90 bits per heavy atom. The smallest absolute Gasteiger partial charge is 0.162 e. The molecule has 3 aromatic rings. The summed E-state index contributed by atoms with van der Waals surface area (Å²) in [6.45, 7) is 5.04. The molecule has 0 saturated carbocycles. The molecule has 0 spiro atoms. The molecule has 0 N–H and O–H groups in total. The number of benzene rings is 2. The van der Waals surface area contributed by atoms with Crippen molar-refractivity contribution < 1.29 is 9.18 Å². The van der Waals surface area contributed by atoms with Crippen LogP contribution in [-0.2, 0) is 0 Å². The normalized spacial score (nSPS) is 15.8. The molecule has 1 fully saturated rings. The average molecular weight is 412 g/mol. The number of Topliss-reactive ketones (excluding diaryl/α,β-unsaturated/α-hetero) is 1. The van der Waals surface area contributed by atoms with Gasteiger partial charge in [-0.1, -0.05) is 6.07 Å². The van der Waals surface area contributed by atoms with Crippen molar-refractivity contribution in [1.82, 2.24) is 14.5 Å². The molecule has 29 heavy (non-hydrogen) atoms. The highest BCUT2D eigenvalue weighted by Gasteiger charge is 2.23. The zero-order valence-corrected chi connectivity index (χ0v) is 17.5. The third-order valence-electron chi connectivity index (χ3n) is 5.84. The van der Waals surface area contributed by atoms with Crippen molar-refractivity contribution in [2.24, 2.45) is 0 Å². The van der Waals surface area contributed by atoms with Gasteiger partial charge in [-0.15, -0.1) is 12.6 Å². The number of hydrogen-bond acceptors (Lipinski definition) is 4. The number of carbonyl (C=O) groups excluding carboxylic acids is 1. The summed E-state index contributed by atoms with van der Waals surface area (Å²) in [5.74, 6) is 0.823. The topological polar surface area (TPSA) is 38.1 Å². The van der Waals surface area contributed by atoms with Crippen LogP contribution in [0.25, 0.3) is 11.0 Å². The van der Waals surface area contributed by atoms with Crippen molar-refractivity contribution in [3.8, 4) is 0 Å². The van der Waals surface area contributed by atoms with Crippen LogP contribution in [-0.4, -0.2) is 39.9 Å². The number of fused-ring (bicyclic) bond motifs is 1. The lowest BCUT2D eigenvalue weighted by molar-refractivity contribution is 0.0970. The quantitative estimate of drug-likeness (QED) is 0.454. The number of halogens is 1. The molecule has 152 valence electrons. The van der Waals surface area contributed by atoms with Crippen molar-refractivity contribution in [3.05, 3.63) is 59.7 Å². The van der Waals surface area contributed by atoms with Crippen LogP contribution in [0.5, 0.6) is 0 Å². The number of imidazole rings is 1. The molecule has 6 heteroatoms. The number of piperidine rings is 1. The van der Waals surface area contributed by atoms with Gasteiger partial charge in [0.1, 0.15) is 17.2 Å². The highest BCUT2D eigenvalue weighted by atomic mass is 32.1. The fraction of sp³-hybridized carbons (Fsp3) is 0.391. The van der Waals surface area contributed by atoms with Crippen LogP contribution in [0.15, 0.2) is 47.4 Å². The molecule has 0 amide bonds. The van der Waals surface area contributed by atoms with Crippen LogP contribution in [0.1, 0.15) is 47.9 Å². The van der Waals surface area contributed by atoms with Gasteiger partial charge in [0.2, 0.25) is 0 Å². The summed E-state index contributed by atoms with van der Waals surface area (Å²) in [4.78, 5) is 20.3. The first kappa shape index (κ1) is 20.1. The Kier molecular flexibility index (Phi) is 6.01. The number of nitrogens with zero attached hydrogens (tertiary/aromatic N) is 3. The Morgan fingerprint density at radius 1 is 1.17 bits per heavy atom. The summed E-state index contributed by atoms with van der Waals surface area (Å²) >= 11 is 4.55. The minimum absolute atomic E-state index is 0.0861. The van der Waals surface area contributed by atoms with E-state index in [9.17, 15) is 9.18 Å². The Balaban J connectivity index is 1.30. The molecule has 0 bridgehead atoms. The van der Waals surface area contributed by atoms with E-state index in [-0.39, 0.29) is 11.6 Å². The zero-order valence-electron chi connectivity index (χ0n) is 16.6. The SMILES string of the molecule is Cc1nc2c(S)cccc2n1C1CCN(CCCC(=O)c2ccc(F)cc2)CC1. The molecular weight excluding hydrogens is 385 g/mol. The first-order chi connectivity index (χ1) is 14.0. The summed E-state index contributed by atoms with van der Waals surface area (Å²) < 4.78 is 15.3. The summed E-state index contributed by atoms with van der Waals surface area (Å²) in [5.41, 5.74) is 2.74. The summed E-state index contributed by atoms with van der Waals surface area (Å²) in [6.07, 6.45) is 3.49. The van der Waals surface area contributed by atoms with Gasteiger partial charge in [0.05, 0.1) is 5.52 Å². The Labute approximate surface area is 176 Å². The average Bonchev–Trinajstić information content (AvgIpc) is 3.06. The largest absolute Gasteiger partial charge is 0.325 e. The minimum Gasteiger partial charge on any atom is -0.325 e. The number of aromatic nitrogens is 2. The molecule has 1 aliphatic heterocycles. The summed E-state index contributed by atoms with van der Waals surface area (Å²) in [5, 5.41) is 0. The Morgan fingerprint density at radius 3 is 2.62 bits per heavy atom. The molecule has 1 saturated heterocycles. The molecule has 0 radical (unpaired) electrons. The molecule has 0 atom stereocenters. The van der Waals surface area contributed by atoms with E-state index in [4.69, 9.17) is 4.98 Å². The van der Waals surface area contributed by atoms with Gasteiger partial charge >= 0.3 is 0 Å². The fourth-order valence-corrected chi connectivity index (χ4v) is 4.57. The first-order valence-electron chi connectivity index (χ1n) is 10.2. The number of likely N-dealkylation sites (tertiary alicyclic amines) is 1. The molecule has 1 aliphatic rings. The van der Waals surface area contributed by atoms with Gasteiger partial charge in [-0.3, -0.25) is 4.79 Å². The molecule has 2 aromatic carbocycles. The van der Waals surface area contributed by atoms with E-state index < -0.39 is 0 Å². The van der Waals surface area contributed by atoms with Crippen LogP contribution >= 0.6 is 12.6 Å². The number of thiol groups is 1. The zero-order chi connectivity index (χ0) is 20.4. The molecule has 0 aliphatic carbocycles. The van der Waals surface area contributed by atoms with Gasteiger partial charge in [0.25, 0.3) is 0 Å². The third-order valence-corrected chi connectivity index (χ3v) is 6.20. The third kappa shape index (κ3) is 4.38. The first-order valence-corrected chi connectivity index (χ1v) is 10.7. The van der Waals surface area contributed by atoms with Crippen molar-refractivity contribution in [2.45, 2.75) is 43.5 Å². The van der Waals surface area contributed by atoms with E-state index in [0.717, 1.165) is 55.1 Å². The lowest BCUT2D eigenvalue weighted by atomic mass is 10.0. The maximum Gasteiger partial charge on any atom is 0.162 e. The van der Waals surface area contributed by atoms with Gasteiger partial charge < -0.3 is 9.47 Å². The number of para-hydroxylation sites is 1. The number of hydrogen-bond donors (Lipinski definition) is 1. The van der Waals surface area contributed by atoms with Crippen molar-refractivity contribution >= 4 is 29.4 Å². The molecule has 0 unspecified atom stereocenters. The highest BCUT2D eigenvalue weighted by molar-refractivity contribution is 7.80. The molecular formula is C23H26FN3OS. The second-order valence-corrected chi connectivity index (χ2v) is 8.26. The van der Waals surface area contributed by atoms with Crippen LogP contribution in [0.2, 0.25) is 0 Å². The number of rotatable bonds is 6. The van der Waals surface area contributed by atoms with E-state index in [1.807, 2.05) is 12.1 Å². The second-order valence-electron chi connectivity index (χ2n) is 7.78. The number of aryl methyl sites for hydroxylation is 1. The van der Waals surface area contributed by atoms with Crippen LogP contribution < -0.4 is 0 Å². The lowest BCUT2D eigenvalue weighted by Crippen LogP contribution is -2.35. The van der Waals surface area contributed by atoms with E-state index in [1.165, 1.54) is 17.6 Å². The standard InChI is InChI=1S/C23H26FN3OS/c1-16-25-23-20(4-2-6-22(23)29)27(16)19-11-14-26(15-12-19)13-3-5-21(28)17-7-9-18(24)10-8-17/h2,4,6-10,19,29H,3,5,11-15H2,1H3. The van der Waals surface area contributed by atoms with E-state index >= 15 is 0 Å². The maximum atomic E-state index is 13.0. The second kappa shape index (κ2) is 8.67. The molecule has 4 nitrogen and oxygen atoms in total. The molecule has 4 rings (SSSR count). The predicted octanol–water partition coefficient (Wildman–Crippen LogP) is 5.07. The van der Waals surface area contributed by atoms with Crippen LogP contribution in [0.3, 0.4) is 0 Å². The lowest BCUT2D eigenvalue weighted by Gasteiger charge is -2.33. The van der Waals surface area contributed by atoms with Gasteiger partial charge in [-0.25, -0.2) is 9.37 Å². The molecule has 2 heterocycles. The number of carbonyl (C=O) groups is 1. The van der Waals surface area contributed by atoms with Gasteiger partial charge in [0, 0.05) is 36.0 Å². The van der Waals surface area contributed by atoms with Gasteiger partial charge in [-0.05, 0) is 69.1 Å². The minimum atomic E-state index is -0.309. The van der Waals surface area contributed by atoms with Crippen LogP contribution in [0.4, 0.5) is 4.39 Å². The monoisotopic (exact) mass is 411 g/mol. The fourth-order valence-electron chi connectivity index (χ4n) is 4.32. The van der Waals surface area contributed by atoms with Crippen molar-refractivity contribution in [3.63, 3.8) is 0 Å². The maximum absolute atomic E-state index is 13.0. The van der Waals surface area contributed by atoms with E-state index in [0.29, 0.717) is 18.0 Å². The molecule has 1 aromatic heterocycles. The summed E-state index contributed by atoms with van der Waals surface area (Å²) in [7, 11) is 0. The van der Waals surface area contributed by atoms with E-state index in [2.05, 4.69) is 35.1 Å². The number of ketones is 1. The van der Waals surface area contributed by atoms with Crippen molar-refractivity contribution in [2.75, 3.05) is 19.6 Å². The Bertz CT molecular complexity index is 1010. The van der Waals surface area contributed by atoms with E-state index in [1.54, 1.807) is 12.1 Å². The predicted molar refractivity (Wildman–Crippen MR) is 116 cm³/mol. The van der Waals surface area contributed by atoms with Gasteiger partial charge in [0.15, 0.2) is 5.78 Å². The van der Waals surface area contributed by atoms with Crippen molar-refractivity contribution in [1.29, 1.82) is 0 Å². The summed E-state index contributed by atoms with van der Waals surface area (Å²) in [6, 6.07) is 12.4. The highest BCUT2D eigenvalue weighted by Crippen LogP contribution is 2.30.